The standard InChI is InChI=1S/C21H28N6O/c1-15(2)17-4-3-16-5-8-27(14-18(16)11-17)21(28)25-19-12-23-20(24-13-19)26-9-6-22-7-10-26/h3-4,11-13,15,22H,5-10,14H2,1-2H3,(H,25,28). The Hall–Kier alpha value is -2.67. The number of benzene rings is 1. The summed E-state index contributed by atoms with van der Waals surface area (Å²) in [6.07, 6.45) is 4.27. The molecular formula is C21H28N6O. The summed E-state index contributed by atoms with van der Waals surface area (Å²) in [6.45, 7) is 9.43. The molecule has 0 spiro atoms. The molecule has 1 aromatic carbocycles. The predicted molar refractivity (Wildman–Crippen MR) is 111 cm³/mol. The quantitative estimate of drug-likeness (QED) is 0.856. The number of aromatic nitrogens is 2. The van der Waals surface area contributed by atoms with Crippen LogP contribution in [-0.2, 0) is 13.0 Å². The third-order valence-corrected chi connectivity index (χ3v) is 5.49. The zero-order valence-electron chi connectivity index (χ0n) is 16.6. The Kier molecular flexibility index (Phi) is 5.43. The van der Waals surface area contributed by atoms with Crippen LogP contribution in [-0.4, -0.2) is 53.6 Å². The number of hydrogen-bond donors (Lipinski definition) is 2. The number of carbonyl (C=O) groups excluding carboxylic acids is 1. The lowest BCUT2D eigenvalue weighted by molar-refractivity contribution is 0.206. The largest absolute Gasteiger partial charge is 0.338 e. The number of amides is 2. The molecule has 3 heterocycles. The molecule has 28 heavy (non-hydrogen) atoms. The van der Waals surface area contributed by atoms with Gasteiger partial charge in [-0.25, -0.2) is 14.8 Å². The van der Waals surface area contributed by atoms with Crippen molar-refractivity contribution in [2.45, 2.75) is 32.7 Å². The molecule has 2 aromatic rings. The monoisotopic (exact) mass is 380 g/mol. The van der Waals surface area contributed by atoms with Crippen molar-refractivity contribution in [3.63, 3.8) is 0 Å². The Balaban J connectivity index is 1.39. The van der Waals surface area contributed by atoms with E-state index in [-0.39, 0.29) is 6.03 Å². The molecule has 2 amide bonds. The topological polar surface area (TPSA) is 73.4 Å². The van der Waals surface area contributed by atoms with Gasteiger partial charge in [0.05, 0.1) is 18.1 Å². The predicted octanol–water partition coefficient (Wildman–Crippen LogP) is 2.60. The molecule has 0 unspecified atom stereocenters. The van der Waals surface area contributed by atoms with Gasteiger partial charge in [0.2, 0.25) is 5.95 Å². The van der Waals surface area contributed by atoms with Crippen LogP contribution in [0.25, 0.3) is 0 Å². The van der Waals surface area contributed by atoms with E-state index in [4.69, 9.17) is 0 Å². The second kappa shape index (κ2) is 8.14. The van der Waals surface area contributed by atoms with Crippen LogP contribution < -0.4 is 15.5 Å². The van der Waals surface area contributed by atoms with E-state index in [0.29, 0.717) is 24.1 Å². The van der Waals surface area contributed by atoms with Crippen molar-refractivity contribution in [1.29, 1.82) is 0 Å². The number of rotatable bonds is 3. The molecule has 0 aliphatic carbocycles. The summed E-state index contributed by atoms with van der Waals surface area (Å²) in [7, 11) is 0. The number of piperazine rings is 1. The fourth-order valence-corrected chi connectivity index (χ4v) is 3.73. The zero-order valence-corrected chi connectivity index (χ0v) is 16.6. The van der Waals surface area contributed by atoms with Crippen molar-refractivity contribution >= 4 is 17.7 Å². The van der Waals surface area contributed by atoms with E-state index in [0.717, 1.165) is 39.1 Å². The van der Waals surface area contributed by atoms with E-state index in [9.17, 15) is 4.79 Å². The van der Waals surface area contributed by atoms with Crippen LogP contribution >= 0.6 is 0 Å². The highest BCUT2D eigenvalue weighted by Crippen LogP contribution is 2.24. The molecule has 2 aliphatic heterocycles. The second-order valence-electron chi connectivity index (χ2n) is 7.79. The van der Waals surface area contributed by atoms with Gasteiger partial charge in [-0.15, -0.1) is 0 Å². The number of urea groups is 1. The van der Waals surface area contributed by atoms with E-state index in [2.05, 4.69) is 57.5 Å². The summed E-state index contributed by atoms with van der Waals surface area (Å²) >= 11 is 0. The molecule has 2 aliphatic rings. The van der Waals surface area contributed by atoms with E-state index in [1.807, 2.05) is 4.90 Å². The van der Waals surface area contributed by atoms with Gasteiger partial charge in [-0.2, -0.15) is 0 Å². The lowest BCUT2D eigenvalue weighted by Crippen LogP contribution is -2.44. The number of fused-ring (bicyclic) bond motifs is 1. The SMILES string of the molecule is CC(C)c1ccc2c(c1)CN(C(=O)Nc1cnc(N3CCNCC3)nc1)CC2. The molecule has 1 aromatic heterocycles. The Labute approximate surface area is 166 Å². The summed E-state index contributed by atoms with van der Waals surface area (Å²) in [6, 6.07) is 6.56. The molecule has 7 nitrogen and oxygen atoms in total. The van der Waals surface area contributed by atoms with Gasteiger partial charge in [0.1, 0.15) is 0 Å². The minimum atomic E-state index is -0.0980. The summed E-state index contributed by atoms with van der Waals surface area (Å²) < 4.78 is 0. The van der Waals surface area contributed by atoms with Crippen molar-refractivity contribution in [1.82, 2.24) is 20.2 Å². The van der Waals surface area contributed by atoms with Crippen molar-refractivity contribution in [2.75, 3.05) is 42.9 Å². The molecule has 0 saturated carbocycles. The van der Waals surface area contributed by atoms with E-state index in [1.54, 1.807) is 12.4 Å². The average Bonchev–Trinajstić information content (AvgIpc) is 2.74. The summed E-state index contributed by atoms with van der Waals surface area (Å²) in [5, 5.41) is 6.26. The van der Waals surface area contributed by atoms with Crippen molar-refractivity contribution in [3.05, 3.63) is 47.3 Å². The lowest BCUT2D eigenvalue weighted by Gasteiger charge is -2.30. The highest BCUT2D eigenvalue weighted by atomic mass is 16.2. The summed E-state index contributed by atoms with van der Waals surface area (Å²) in [5.74, 6) is 1.20. The van der Waals surface area contributed by atoms with Crippen LogP contribution in [0.2, 0.25) is 0 Å². The van der Waals surface area contributed by atoms with Crippen LogP contribution in [0.15, 0.2) is 30.6 Å². The van der Waals surface area contributed by atoms with Crippen molar-refractivity contribution in [3.8, 4) is 0 Å². The van der Waals surface area contributed by atoms with E-state index >= 15 is 0 Å². The molecular weight excluding hydrogens is 352 g/mol. The van der Waals surface area contributed by atoms with Crippen LogP contribution in [0.4, 0.5) is 16.4 Å². The first-order valence-electron chi connectivity index (χ1n) is 10.1. The summed E-state index contributed by atoms with van der Waals surface area (Å²) in [4.78, 5) is 25.6. The van der Waals surface area contributed by atoms with Gasteiger partial charge in [0.15, 0.2) is 0 Å². The number of hydrogen-bond acceptors (Lipinski definition) is 5. The smallest absolute Gasteiger partial charge is 0.322 e. The fourth-order valence-electron chi connectivity index (χ4n) is 3.73. The maximum atomic E-state index is 12.7. The summed E-state index contributed by atoms with van der Waals surface area (Å²) in [5.41, 5.74) is 4.54. The van der Waals surface area contributed by atoms with Crippen molar-refractivity contribution < 1.29 is 4.79 Å². The van der Waals surface area contributed by atoms with Crippen LogP contribution in [0.5, 0.6) is 0 Å². The molecule has 1 fully saturated rings. The van der Waals surface area contributed by atoms with E-state index < -0.39 is 0 Å². The second-order valence-corrected chi connectivity index (χ2v) is 7.79. The lowest BCUT2D eigenvalue weighted by atomic mass is 9.93. The third kappa shape index (κ3) is 4.09. The number of anilines is 2. The Bertz CT molecular complexity index is 829. The highest BCUT2D eigenvalue weighted by molar-refractivity contribution is 5.89. The van der Waals surface area contributed by atoms with Gasteiger partial charge in [-0.1, -0.05) is 32.0 Å². The van der Waals surface area contributed by atoms with Crippen LogP contribution in [0.1, 0.15) is 36.5 Å². The number of nitrogens with zero attached hydrogens (tertiary/aromatic N) is 4. The molecule has 4 rings (SSSR count). The molecule has 148 valence electrons. The van der Waals surface area contributed by atoms with Crippen molar-refractivity contribution in [2.24, 2.45) is 0 Å². The first-order chi connectivity index (χ1) is 13.6. The highest BCUT2D eigenvalue weighted by Gasteiger charge is 2.22. The normalized spacial score (nSPS) is 16.8. The van der Waals surface area contributed by atoms with Gasteiger partial charge in [0.25, 0.3) is 0 Å². The molecule has 0 atom stereocenters. The third-order valence-electron chi connectivity index (χ3n) is 5.49. The Morgan fingerprint density at radius 2 is 1.86 bits per heavy atom. The average molecular weight is 380 g/mol. The Morgan fingerprint density at radius 1 is 1.11 bits per heavy atom. The van der Waals surface area contributed by atoms with Crippen LogP contribution in [0.3, 0.4) is 0 Å². The number of nitrogens with one attached hydrogen (secondary N) is 2. The van der Waals surface area contributed by atoms with Gasteiger partial charge < -0.3 is 20.4 Å². The number of carbonyl (C=O) groups is 1. The van der Waals surface area contributed by atoms with Gasteiger partial charge >= 0.3 is 6.03 Å². The maximum absolute atomic E-state index is 12.7. The molecule has 2 N–H and O–H groups in total. The molecule has 1 saturated heterocycles. The minimum Gasteiger partial charge on any atom is -0.338 e. The first kappa shape index (κ1) is 18.7. The first-order valence-corrected chi connectivity index (χ1v) is 10.1. The fraction of sp³-hybridized carbons (Fsp3) is 0.476. The Morgan fingerprint density at radius 3 is 2.57 bits per heavy atom. The molecule has 7 heteroatoms. The van der Waals surface area contributed by atoms with Gasteiger partial charge in [0, 0.05) is 39.3 Å². The van der Waals surface area contributed by atoms with E-state index in [1.165, 1.54) is 16.7 Å². The maximum Gasteiger partial charge on any atom is 0.322 e. The minimum absolute atomic E-state index is 0.0980. The molecule has 0 radical (unpaired) electrons. The van der Waals surface area contributed by atoms with Crippen LogP contribution in [0, 0.1) is 0 Å². The zero-order chi connectivity index (χ0) is 19.5. The van der Waals surface area contributed by atoms with Gasteiger partial charge in [-0.05, 0) is 29.0 Å². The molecule has 0 bridgehead atoms. The van der Waals surface area contributed by atoms with Gasteiger partial charge in [-0.3, -0.25) is 0 Å².